The minimum absolute atomic E-state index is 0.466. The molecule has 3 nitrogen and oxygen atoms in total. The van der Waals surface area contributed by atoms with E-state index in [0.717, 1.165) is 28.6 Å². The highest BCUT2D eigenvalue weighted by Crippen LogP contribution is 2.19. The van der Waals surface area contributed by atoms with Crippen LogP contribution in [0.2, 0.25) is 5.02 Å². The van der Waals surface area contributed by atoms with Gasteiger partial charge in [0.2, 0.25) is 0 Å². The first kappa shape index (κ1) is 12.1. The third kappa shape index (κ3) is 3.32. The number of rotatable bonds is 4. The Morgan fingerprint density at radius 1 is 1.41 bits per heavy atom. The first-order valence-corrected chi connectivity index (χ1v) is 6.06. The van der Waals surface area contributed by atoms with Gasteiger partial charge in [0, 0.05) is 35.1 Å². The van der Waals surface area contributed by atoms with Gasteiger partial charge in [-0.25, -0.2) is 4.98 Å². The quantitative estimate of drug-likeness (QED) is 0.874. The number of imidazole rings is 1. The number of aromatic amines is 1. The van der Waals surface area contributed by atoms with Crippen molar-refractivity contribution in [2.75, 3.05) is 0 Å². The largest absolute Gasteiger partial charge is 0.341 e. The summed E-state index contributed by atoms with van der Waals surface area (Å²) < 4.78 is 0. The smallest absolute Gasteiger partial charge is 0.137 e. The van der Waals surface area contributed by atoms with Crippen molar-refractivity contribution in [2.45, 2.75) is 26.4 Å². The first-order chi connectivity index (χ1) is 8.15. The number of aromatic nitrogens is 2. The molecule has 0 fully saturated rings. The summed E-state index contributed by atoms with van der Waals surface area (Å²) in [5.74, 6) is 0.855. The molecule has 0 unspecified atom stereocenters. The maximum Gasteiger partial charge on any atom is 0.137 e. The van der Waals surface area contributed by atoms with E-state index in [9.17, 15) is 0 Å². The maximum absolute atomic E-state index is 5.95. The van der Waals surface area contributed by atoms with Crippen molar-refractivity contribution in [3.8, 4) is 11.4 Å². The van der Waals surface area contributed by atoms with E-state index in [0.29, 0.717) is 6.04 Å². The lowest BCUT2D eigenvalue weighted by Crippen LogP contribution is -2.21. The molecule has 0 bridgehead atoms. The van der Waals surface area contributed by atoms with Crippen LogP contribution in [-0.4, -0.2) is 16.0 Å². The fourth-order valence-corrected chi connectivity index (χ4v) is 1.74. The molecule has 0 saturated carbocycles. The zero-order valence-corrected chi connectivity index (χ0v) is 10.8. The van der Waals surface area contributed by atoms with Crippen molar-refractivity contribution in [1.29, 1.82) is 0 Å². The number of hydrogen-bond donors (Lipinski definition) is 2. The standard InChI is InChI=1S/C13H16ClN3/c1-9(2)15-7-12-8-16-13(17-12)10-4-3-5-11(14)6-10/h3-6,8-9,15H,7H2,1-2H3,(H,16,17). The second kappa shape index (κ2) is 5.34. The van der Waals surface area contributed by atoms with Crippen LogP contribution in [0.3, 0.4) is 0 Å². The SMILES string of the molecule is CC(C)NCc1cnc(-c2cccc(Cl)c2)[nH]1. The van der Waals surface area contributed by atoms with E-state index < -0.39 is 0 Å². The molecule has 0 spiro atoms. The summed E-state index contributed by atoms with van der Waals surface area (Å²) in [5, 5.41) is 4.06. The van der Waals surface area contributed by atoms with Crippen molar-refractivity contribution < 1.29 is 0 Å². The number of halogens is 1. The minimum atomic E-state index is 0.466. The molecular formula is C13H16ClN3. The van der Waals surface area contributed by atoms with Crippen molar-refractivity contribution in [3.63, 3.8) is 0 Å². The van der Waals surface area contributed by atoms with Crippen LogP contribution in [0, 0.1) is 0 Å². The molecule has 0 aliphatic rings. The van der Waals surface area contributed by atoms with Gasteiger partial charge in [-0.05, 0) is 12.1 Å². The number of benzene rings is 1. The van der Waals surface area contributed by atoms with Gasteiger partial charge >= 0.3 is 0 Å². The Morgan fingerprint density at radius 3 is 2.94 bits per heavy atom. The average molecular weight is 250 g/mol. The molecule has 17 heavy (non-hydrogen) atoms. The number of hydrogen-bond acceptors (Lipinski definition) is 2. The molecule has 0 radical (unpaired) electrons. The summed E-state index contributed by atoms with van der Waals surface area (Å²) in [6.45, 7) is 5.04. The van der Waals surface area contributed by atoms with Gasteiger partial charge in [-0.2, -0.15) is 0 Å². The topological polar surface area (TPSA) is 40.7 Å². The monoisotopic (exact) mass is 249 g/mol. The van der Waals surface area contributed by atoms with Gasteiger partial charge in [0.05, 0.1) is 0 Å². The molecule has 0 atom stereocenters. The predicted octanol–water partition coefficient (Wildman–Crippen LogP) is 3.23. The van der Waals surface area contributed by atoms with Gasteiger partial charge in [-0.3, -0.25) is 0 Å². The second-order valence-electron chi connectivity index (χ2n) is 4.30. The Hall–Kier alpha value is -1.32. The highest BCUT2D eigenvalue weighted by atomic mass is 35.5. The van der Waals surface area contributed by atoms with Crippen LogP contribution < -0.4 is 5.32 Å². The summed E-state index contributed by atoms with van der Waals surface area (Å²) in [6.07, 6.45) is 1.85. The molecule has 1 aromatic heterocycles. The fraction of sp³-hybridized carbons (Fsp3) is 0.308. The van der Waals surface area contributed by atoms with E-state index in [2.05, 4.69) is 29.1 Å². The summed E-state index contributed by atoms with van der Waals surface area (Å²) in [4.78, 5) is 7.63. The molecule has 0 saturated heterocycles. The molecule has 1 heterocycles. The molecule has 4 heteroatoms. The third-order valence-electron chi connectivity index (χ3n) is 2.43. The second-order valence-corrected chi connectivity index (χ2v) is 4.74. The Labute approximate surface area is 106 Å². The van der Waals surface area contributed by atoms with Gasteiger partial charge in [-0.1, -0.05) is 37.6 Å². The van der Waals surface area contributed by atoms with E-state index in [1.807, 2.05) is 30.5 Å². The van der Waals surface area contributed by atoms with E-state index in [1.165, 1.54) is 0 Å². The third-order valence-corrected chi connectivity index (χ3v) is 2.66. The molecule has 0 amide bonds. The van der Waals surface area contributed by atoms with Crippen molar-refractivity contribution in [2.24, 2.45) is 0 Å². The van der Waals surface area contributed by atoms with Gasteiger partial charge in [-0.15, -0.1) is 0 Å². The summed E-state index contributed by atoms with van der Waals surface area (Å²) >= 11 is 5.95. The lowest BCUT2D eigenvalue weighted by Gasteiger charge is -2.05. The summed E-state index contributed by atoms with van der Waals surface area (Å²) in [7, 11) is 0. The van der Waals surface area contributed by atoms with Gasteiger partial charge < -0.3 is 10.3 Å². The van der Waals surface area contributed by atoms with E-state index in [1.54, 1.807) is 0 Å². The van der Waals surface area contributed by atoms with Gasteiger partial charge in [0.15, 0.2) is 0 Å². The molecular weight excluding hydrogens is 234 g/mol. The molecule has 2 aromatic rings. The Balaban J connectivity index is 2.12. The molecule has 1 aromatic carbocycles. The molecule has 0 aliphatic heterocycles. The maximum atomic E-state index is 5.95. The van der Waals surface area contributed by atoms with Gasteiger partial charge in [0.25, 0.3) is 0 Å². The van der Waals surface area contributed by atoms with Crippen molar-refractivity contribution in [3.05, 3.63) is 41.2 Å². The Kier molecular flexibility index (Phi) is 3.82. The molecule has 2 N–H and O–H groups in total. The average Bonchev–Trinajstić information content (AvgIpc) is 2.75. The molecule has 0 aliphatic carbocycles. The fourth-order valence-electron chi connectivity index (χ4n) is 1.55. The summed E-state index contributed by atoms with van der Waals surface area (Å²) in [6, 6.07) is 8.14. The normalized spacial score (nSPS) is 11.1. The lowest BCUT2D eigenvalue weighted by atomic mass is 10.2. The van der Waals surface area contributed by atoms with Crippen LogP contribution in [0.25, 0.3) is 11.4 Å². The highest BCUT2D eigenvalue weighted by molar-refractivity contribution is 6.30. The van der Waals surface area contributed by atoms with Gasteiger partial charge in [0.1, 0.15) is 5.82 Å². The van der Waals surface area contributed by atoms with Crippen LogP contribution in [0.1, 0.15) is 19.5 Å². The lowest BCUT2D eigenvalue weighted by molar-refractivity contribution is 0.583. The zero-order valence-electron chi connectivity index (χ0n) is 10.00. The zero-order chi connectivity index (χ0) is 12.3. The number of H-pyrrole nitrogens is 1. The molecule has 2 rings (SSSR count). The Bertz CT molecular complexity index is 491. The summed E-state index contributed by atoms with van der Waals surface area (Å²) in [5.41, 5.74) is 2.09. The van der Waals surface area contributed by atoms with Crippen LogP contribution in [0.5, 0.6) is 0 Å². The van der Waals surface area contributed by atoms with Crippen molar-refractivity contribution in [1.82, 2.24) is 15.3 Å². The van der Waals surface area contributed by atoms with Crippen LogP contribution in [0.4, 0.5) is 0 Å². The van der Waals surface area contributed by atoms with E-state index >= 15 is 0 Å². The number of nitrogens with one attached hydrogen (secondary N) is 2. The van der Waals surface area contributed by atoms with Crippen LogP contribution >= 0.6 is 11.6 Å². The van der Waals surface area contributed by atoms with Crippen LogP contribution in [0.15, 0.2) is 30.5 Å². The van der Waals surface area contributed by atoms with E-state index in [4.69, 9.17) is 11.6 Å². The number of nitrogens with zero attached hydrogens (tertiary/aromatic N) is 1. The van der Waals surface area contributed by atoms with Crippen LogP contribution in [-0.2, 0) is 6.54 Å². The highest BCUT2D eigenvalue weighted by Gasteiger charge is 2.04. The predicted molar refractivity (Wildman–Crippen MR) is 71.0 cm³/mol. The first-order valence-electron chi connectivity index (χ1n) is 5.68. The minimum Gasteiger partial charge on any atom is -0.341 e. The molecule has 90 valence electrons. The van der Waals surface area contributed by atoms with E-state index in [-0.39, 0.29) is 0 Å². The Morgan fingerprint density at radius 2 is 2.24 bits per heavy atom. The van der Waals surface area contributed by atoms with Crippen molar-refractivity contribution >= 4 is 11.6 Å².